The van der Waals surface area contributed by atoms with Crippen molar-refractivity contribution in [1.82, 2.24) is 9.88 Å². The first-order valence-electron chi connectivity index (χ1n) is 6.18. The summed E-state index contributed by atoms with van der Waals surface area (Å²) in [7, 11) is 0. The van der Waals surface area contributed by atoms with Gasteiger partial charge < -0.3 is 20.7 Å². The molecule has 0 spiro atoms. The van der Waals surface area contributed by atoms with Gasteiger partial charge >= 0.3 is 5.97 Å². The molecule has 1 rings (SSSR count). The molecule has 2 amide bonds. The molecule has 0 bridgehead atoms. The van der Waals surface area contributed by atoms with Gasteiger partial charge in [-0.25, -0.2) is 4.79 Å². The zero-order valence-corrected chi connectivity index (χ0v) is 12.0. The van der Waals surface area contributed by atoms with Gasteiger partial charge in [0, 0.05) is 11.7 Å². The summed E-state index contributed by atoms with van der Waals surface area (Å²) in [4.78, 5) is 38.6. The van der Waals surface area contributed by atoms with E-state index in [2.05, 4.69) is 4.98 Å². The minimum atomic E-state index is -1.13. The number of carbonyl (C=O) groups excluding carboxylic acids is 2. The van der Waals surface area contributed by atoms with E-state index >= 15 is 0 Å². The second kappa shape index (κ2) is 5.77. The lowest BCUT2D eigenvalue weighted by Gasteiger charge is -2.25. The van der Waals surface area contributed by atoms with Crippen LogP contribution in [0.2, 0.25) is 0 Å². The maximum absolute atomic E-state index is 12.5. The number of carboxylic acid groups (broad SMARTS) is 1. The van der Waals surface area contributed by atoms with Crippen LogP contribution in [-0.4, -0.2) is 45.4 Å². The number of carboxylic acids is 1. The minimum absolute atomic E-state index is 0.0198. The van der Waals surface area contributed by atoms with Gasteiger partial charge in [-0.3, -0.25) is 9.59 Å². The van der Waals surface area contributed by atoms with Crippen LogP contribution in [0.5, 0.6) is 0 Å². The van der Waals surface area contributed by atoms with Crippen molar-refractivity contribution in [2.45, 2.75) is 33.7 Å². The number of nitrogens with one attached hydrogen (secondary N) is 1. The van der Waals surface area contributed by atoms with Gasteiger partial charge in [0.25, 0.3) is 5.91 Å². The third kappa shape index (κ3) is 2.98. The van der Waals surface area contributed by atoms with Crippen molar-refractivity contribution >= 4 is 17.8 Å². The van der Waals surface area contributed by atoms with Gasteiger partial charge in [0.2, 0.25) is 5.91 Å². The Labute approximate surface area is 116 Å². The Morgan fingerprint density at radius 2 is 1.85 bits per heavy atom. The maximum atomic E-state index is 12.5. The Morgan fingerprint density at radius 1 is 1.30 bits per heavy atom. The molecular weight excluding hydrogens is 262 g/mol. The van der Waals surface area contributed by atoms with Crippen molar-refractivity contribution in [3.05, 3.63) is 22.5 Å². The highest BCUT2D eigenvalue weighted by Crippen LogP contribution is 2.20. The van der Waals surface area contributed by atoms with Gasteiger partial charge in [-0.05, 0) is 33.3 Å². The highest BCUT2D eigenvalue weighted by atomic mass is 16.4. The van der Waals surface area contributed by atoms with Crippen LogP contribution >= 0.6 is 0 Å². The largest absolute Gasteiger partial charge is 0.477 e. The molecule has 110 valence electrons. The normalized spacial score (nSPS) is 10.7. The predicted octanol–water partition coefficient (Wildman–Crippen LogP) is 0.666. The molecule has 20 heavy (non-hydrogen) atoms. The molecule has 0 aliphatic heterocycles. The number of aryl methyl sites for hydroxylation is 1. The van der Waals surface area contributed by atoms with Gasteiger partial charge in [-0.2, -0.15) is 0 Å². The van der Waals surface area contributed by atoms with E-state index in [1.807, 2.05) is 0 Å². The predicted molar refractivity (Wildman–Crippen MR) is 72.6 cm³/mol. The molecule has 0 fully saturated rings. The molecule has 1 aromatic heterocycles. The van der Waals surface area contributed by atoms with Crippen molar-refractivity contribution in [2.24, 2.45) is 5.73 Å². The zero-order chi connectivity index (χ0) is 15.6. The molecular formula is C13H19N3O4. The summed E-state index contributed by atoms with van der Waals surface area (Å²) < 4.78 is 0. The third-order valence-electron chi connectivity index (χ3n) is 3.08. The number of aromatic carboxylic acids is 1. The number of amides is 2. The number of nitrogens with two attached hydrogens (primary N) is 1. The number of H-pyrrole nitrogens is 1. The lowest BCUT2D eigenvalue weighted by molar-refractivity contribution is -0.119. The summed E-state index contributed by atoms with van der Waals surface area (Å²) in [6.07, 6.45) is 0. The Hall–Kier alpha value is -2.31. The Balaban J connectivity index is 3.25. The zero-order valence-electron chi connectivity index (χ0n) is 12.0. The molecule has 7 nitrogen and oxygen atoms in total. The van der Waals surface area contributed by atoms with Crippen molar-refractivity contribution in [3.63, 3.8) is 0 Å². The fourth-order valence-electron chi connectivity index (χ4n) is 2.09. The molecule has 0 aliphatic carbocycles. The van der Waals surface area contributed by atoms with Crippen LogP contribution in [0.3, 0.4) is 0 Å². The van der Waals surface area contributed by atoms with E-state index in [0.29, 0.717) is 11.3 Å². The molecule has 0 aromatic carbocycles. The van der Waals surface area contributed by atoms with E-state index in [0.717, 1.165) is 0 Å². The van der Waals surface area contributed by atoms with E-state index in [-0.39, 0.29) is 23.8 Å². The summed E-state index contributed by atoms with van der Waals surface area (Å²) in [5, 5.41) is 9.05. The van der Waals surface area contributed by atoms with Crippen molar-refractivity contribution in [3.8, 4) is 0 Å². The van der Waals surface area contributed by atoms with Crippen molar-refractivity contribution in [1.29, 1.82) is 0 Å². The highest BCUT2D eigenvalue weighted by molar-refractivity contribution is 6.02. The lowest BCUT2D eigenvalue weighted by atomic mass is 10.1. The standard InChI is InChI=1S/C13H19N3O4/c1-6(2)16(5-9(14)17)12(18)10-7(3)11(13(19)20)15-8(10)4/h6,15H,5H2,1-4H3,(H2,14,17)(H,19,20). The van der Waals surface area contributed by atoms with Crippen LogP contribution in [0, 0.1) is 13.8 Å². The van der Waals surface area contributed by atoms with E-state index < -0.39 is 17.8 Å². The number of nitrogens with zero attached hydrogens (tertiary/aromatic N) is 1. The number of primary amides is 1. The number of aromatic nitrogens is 1. The van der Waals surface area contributed by atoms with Crippen molar-refractivity contribution in [2.75, 3.05) is 6.54 Å². The summed E-state index contributed by atoms with van der Waals surface area (Å²) >= 11 is 0. The number of carbonyl (C=O) groups is 3. The van der Waals surface area contributed by atoms with Gasteiger partial charge in [-0.1, -0.05) is 0 Å². The highest BCUT2D eigenvalue weighted by Gasteiger charge is 2.27. The molecule has 1 aromatic rings. The van der Waals surface area contributed by atoms with Gasteiger partial charge in [0.1, 0.15) is 5.69 Å². The van der Waals surface area contributed by atoms with Crippen LogP contribution in [0.15, 0.2) is 0 Å². The van der Waals surface area contributed by atoms with Gasteiger partial charge in [0.15, 0.2) is 0 Å². The smallest absolute Gasteiger partial charge is 0.352 e. The molecule has 0 radical (unpaired) electrons. The van der Waals surface area contributed by atoms with Crippen LogP contribution < -0.4 is 5.73 Å². The Kier molecular flexibility index (Phi) is 4.54. The quantitative estimate of drug-likeness (QED) is 0.735. The Morgan fingerprint density at radius 3 is 2.20 bits per heavy atom. The fraction of sp³-hybridized carbons (Fsp3) is 0.462. The maximum Gasteiger partial charge on any atom is 0.352 e. The molecule has 1 heterocycles. The van der Waals surface area contributed by atoms with Crippen LogP contribution in [0.25, 0.3) is 0 Å². The molecule has 0 aliphatic rings. The SMILES string of the molecule is Cc1[nH]c(C(=O)O)c(C)c1C(=O)N(CC(N)=O)C(C)C. The van der Waals surface area contributed by atoms with E-state index in [1.54, 1.807) is 27.7 Å². The Bertz CT molecular complexity index is 560. The van der Waals surface area contributed by atoms with E-state index in [9.17, 15) is 14.4 Å². The topological polar surface area (TPSA) is 116 Å². The van der Waals surface area contributed by atoms with Gasteiger partial charge in [0.05, 0.1) is 12.1 Å². The number of aromatic amines is 1. The minimum Gasteiger partial charge on any atom is -0.477 e. The van der Waals surface area contributed by atoms with Crippen LogP contribution in [0.1, 0.15) is 46.0 Å². The average Bonchev–Trinajstić information content (AvgIpc) is 2.60. The number of hydrogen-bond acceptors (Lipinski definition) is 3. The van der Waals surface area contributed by atoms with Crippen LogP contribution in [-0.2, 0) is 4.79 Å². The summed E-state index contributed by atoms with van der Waals surface area (Å²) in [5.41, 5.74) is 6.21. The molecule has 0 saturated carbocycles. The number of hydrogen-bond donors (Lipinski definition) is 3. The number of rotatable bonds is 5. The monoisotopic (exact) mass is 281 g/mol. The molecule has 0 saturated heterocycles. The third-order valence-corrected chi connectivity index (χ3v) is 3.08. The molecule has 4 N–H and O–H groups in total. The average molecular weight is 281 g/mol. The lowest BCUT2D eigenvalue weighted by Crippen LogP contribution is -2.43. The van der Waals surface area contributed by atoms with Gasteiger partial charge in [-0.15, -0.1) is 0 Å². The summed E-state index contributed by atoms with van der Waals surface area (Å²) in [6.45, 7) is 6.49. The molecule has 7 heteroatoms. The van der Waals surface area contributed by atoms with Crippen molar-refractivity contribution < 1.29 is 19.5 Å². The summed E-state index contributed by atoms with van der Waals surface area (Å²) in [5.74, 6) is -2.15. The second-order valence-corrected chi connectivity index (χ2v) is 4.92. The summed E-state index contributed by atoms with van der Waals surface area (Å²) in [6, 6.07) is -0.225. The first-order valence-corrected chi connectivity index (χ1v) is 6.18. The molecule has 0 unspecified atom stereocenters. The first kappa shape index (κ1) is 15.7. The van der Waals surface area contributed by atoms with E-state index in [1.165, 1.54) is 4.90 Å². The second-order valence-electron chi connectivity index (χ2n) is 4.92. The van der Waals surface area contributed by atoms with Crippen LogP contribution in [0.4, 0.5) is 0 Å². The van der Waals surface area contributed by atoms with E-state index in [4.69, 9.17) is 10.8 Å². The fourth-order valence-corrected chi connectivity index (χ4v) is 2.09. The molecule has 0 atom stereocenters. The first-order chi connectivity index (χ1) is 9.16.